The second-order valence-electron chi connectivity index (χ2n) is 7.25. The lowest BCUT2D eigenvalue weighted by Gasteiger charge is -2.19. The molecule has 0 saturated carbocycles. The van der Waals surface area contributed by atoms with E-state index in [-0.39, 0.29) is 19.0 Å². The van der Waals surface area contributed by atoms with E-state index >= 15 is 0 Å². The predicted octanol–water partition coefficient (Wildman–Crippen LogP) is 2.19. The largest absolute Gasteiger partial charge is 0.464 e. The Bertz CT molecular complexity index is 1080. The Kier molecular flexibility index (Phi) is 4.84. The number of rotatable bonds is 6. The number of likely N-dealkylation sites (N-methyl/N-ethyl adjacent to an activating group) is 1. The predicted molar refractivity (Wildman–Crippen MR) is 106 cm³/mol. The highest BCUT2D eigenvalue weighted by molar-refractivity contribution is 6.06. The number of fused-ring (bicyclic) bond motifs is 1. The van der Waals surface area contributed by atoms with Crippen LogP contribution in [0.3, 0.4) is 0 Å². The average Bonchev–Trinajstić information content (AvgIpc) is 3.37. The monoisotopic (exact) mass is 394 g/mol. The third-order valence-corrected chi connectivity index (χ3v) is 5.11. The lowest BCUT2D eigenvalue weighted by molar-refractivity contribution is -0.137. The van der Waals surface area contributed by atoms with E-state index in [9.17, 15) is 14.4 Å². The lowest BCUT2D eigenvalue weighted by atomic mass is 10.1. The number of hydrogen-bond donors (Lipinski definition) is 2. The van der Waals surface area contributed by atoms with Gasteiger partial charge in [0.05, 0.1) is 6.54 Å². The topological polar surface area (TPSA) is 98.6 Å². The molecule has 0 radical (unpaired) electrons. The Hall–Kier alpha value is -3.55. The maximum absolute atomic E-state index is 12.7. The second kappa shape index (κ2) is 7.46. The van der Waals surface area contributed by atoms with Crippen molar-refractivity contribution in [2.75, 3.05) is 13.6 Å². The van der Waals surface area contributed by atoms with Crippen molar-refractivity contribution in [3.05, 3.63) is 59.7 Å². The molecule has 3 aromatic rings. The molecule has 150 valence electrons. The number of imide groups is 1. The van der Waals surface area contributed by atoms with E-state index in [0.717, 1.165) is 27.1 Å². The number of aryl methyl sites for hydroxylation is 1. The zero-order valence-electron chi connectivity index (χ0n) is 16.3. The van der Waals surface area contributed by atoms with Crippen LogP contribution in [-0.4, -0.2) is 52.3 Å². The fourth-order valence-electron chi connectivity index (χ4n) is 3.53. The van der Waals surface area contributed by atoms with Crippen LogP contribution in [-0.2, 0) is 22.6 Å². The summed E-state index contributed by atoms with van der Waals surface area (Å²) < 4.78 is 5.47. The highest BCUT2D eigenvalue weighted by atomic mass is 16.3. The number of aromatic nitrogens is 1. The Labute approximate surface area is 167 Å². The summed E-state index contributed by atoms with van der Waals surface area (Å²) in [6.07, 6.45) is 2.21. The van der Waals surface area contributed by atoms with Crippen molar-refractivity contribution in [2.45, 2.75) is 25.9 Å². The zero-order valence-corrected chi connectivity index (χ0v) is 16.3. The van der Waals surface area contributed by atoms with Gasteiger partial charge < -0.3 is 19.6 Å². The summed E-state index contributed by atoms with van der Waals surface area (Å²) in [6.45, 7) is 1.80. The highest BCUT2D eigenvalue weighted by Crippen LogP contribution is 2.21. The minimum atomic E-state index is -0.687. The number of benzene rings is 1. The molecule has 1 aliphatic rings. The molecule has 0 aliphatic carbocycles. The number of para-hydroxylation sites is 1. The first-order valence-corrected chi connectivity index (χ1v) is 9.38. The van der Waals surface area contributed by atoms with Crippen LogP contribution in [0.5, 0.6) is 0 Å². The van der Waals surface area contributed by atoms with Gasteiger partial charge in [-0.25, -0.2) is 4.79 Å². The molecule has 3 heterocycles. The van der Waals surface area contributed by atoms with Crippen LogP contribution >= 0.6 is 0 Å². The van der Waals surface area contributed by atoms with Crippen LogP contribution in [0.2, 0.25) is 0 Å². The molecular formula is C21H22N4O4. The maximum atomic E-state index is 12.7. The number of H-pyrrole nitrogens is 1. The van der Waals surface area contributed by atoms with Crippen molar-refractivity contribution in [1.29, 1.82) is 0 Å². The minimum absolute atomic E-state index is 0.273. The number of urea groups is 1. The van der Waals surface area contributed by atoms with Gasteiger partial charge in [-0.05, 0) is 30.7 Å². The molecule has 8 heteroatoms. The molecule has 2 aromatic heterocycles. The average molecular weight is 394 g/mol. The van der Waals surface area contributed by atoms with Crippen LogP contribution in [0.15, 0.2) is 47.0 Å². The molecule has 1 aromatic carbocycles. The summed E-state index contributed by atoms with van der Waals surface area (Å²) in [7, 11) is 1.61. The third-order valence-electron chi connectivity index (χ3n) is 5.11. The number of furan rings is 1. The van der Waals surface area contributed by atoms with E-state index in [0.29, 0.717) is 12.2 Å². The van der Waals surface area contributed by atoms with Gasteiger partial charge in [0.15, 0.2) is 0 Å². The maximum Gasteiger partial charge on any atom is 0.325 e. The van der Waals surface area contributed by atoms with Gasteiger partial charge in [-0.1, -0.05) is 18.2 Å². The zero-order chi connectivity index (χ0) is 20.5. The Morgan fingerprint density at radius 3 is 2.76 bits per heavy atom. The van der Waals surface area contributed by atoms with Crippen molar-refractivity contribution < 1.29 is 18.8 Å². The fourth-order valence-corrected chi connectivity index (χ4v) is 3.53. The van der Waals surface area contributed by atoms with Gasteiger partial charge in [0.25, 0.3) is 5.91 Å². The highest BCUT2D eigenvalue weighted by Gasteiger charge is 2.39. The second-order valence-corrected chi connectivity index (χ2v) is 7.25. The molecule has 0 bridgehead atoms. The smallest absolute Gasteiger partial charge is 0.325 e. The number of amides is 4. The lowest BCUT2D eigenvalue weighted by Crippen LogP contribution is -2.41. The van der Waals surface area contributed by atoms with E-state index in [2.05, 4.69) is 10.3 Å². The number of nitrogens with one attached hydrogen (secondary N) is 2. The number of aromatic amines is 1. The summed E-state index contributed by atoms with van der Waals surface area (Å²) in [6, 6.07) is 10.2. The summed E-state index contributed by atoms with van der Waals surface area (Å²) in [5.41, 5.74) is 1.92. The Balaban J connectivity index is 1.40. The first kappa shape index (κ1) is 18.8. The van der Waals surface area contributed by atoms with E-state index in [1.807, 2.05) is 43.5 Å². The van der Waals surface area contributed by atoms with Gasteiger partial charge in [-0.15, -0.1) is 0 Å². The Morgan fingerprint density at radius 2 is 2.00 bits per heavy atom. The summed E-state index contributed by atoms with van der Waals surface area (Å²) in [5, 5.41) is 3.70. The number of carbonyl (C=O) groups is 3. The standard InChI is InChI=1S/C21H22N4O4/c1-13-7-8-15(29-13)11-24(2)19(26)12-25-20(27)18(23-21(25)28)9-14-10-22-17-6-4-3-5-16(14)17/h3-8,10,18,22H,9,11-12H2,1-2H3,(H,23,28). The molecule has 1 saturated heterocycles. The molecule has 1 fully saturated rings. The first-order valence-electron chi connectivity index (χ1n) is 9.38. The quantitative estimate of drug-likeness (QED) is 0.626. The number of hydrogen-bond acceptors (Lipinski definition) is 4. The van der Waals surface area contributed by atoms with Crippen molar-refractivity contribution in [3.63, 3.8) is 0 Å². The molecular weight excluding hydrogens is 372 g/mol. The van der Waals surface area contributed by atoms with Gasteiger partial charge in [-0.3, -0.25) is 14.5 Å². The molecule has 0 spiro atoms. The molecule has 1 unspecified atom stereocenters. The van der Waals surface area contributed by atoms with Crippen LogP contribution < -0.4 is 5.32 Å². The molecule has 4 rings (SSSR count). The summed E-state index contributed by atoms with van der Waals surface area (Å²) in [4.78, 5) is 43.1. The van der Waals surface area contributed by atoms with Crippen molar-refractivity contribution in [1.82, 2.24) is 20.1 Å². The molecule has 8 nitrogen and oxygen atoms in total. The van der Waals surface area contributed by atoms with Crippen molar-refractivity contribution in [2.24, 2.45) is 0 Å². The summed E-state index contributed by atoms with van der Waals surface area (Å²) >= 11 is 0. The van der Waals surface area contributed by atoms with E-state index < -0.39 is 18.0 Å². The molecule has 1 atom stereocenters. The first-order chi connectivity index (χ1) is 13.9. The van der Waals surface area contributed by atoms with Crippen LogP contribution in [0.4, 0.5) is 4.79 Å². The molecule has 4 amide bonds. The Morgan fingerprint density at radius 1 is 1.21 bits per heavy atom. The fraction of sp³-hybridized carbons (Fsp3) is 0.286. The van der Waals surface area contributed by atoms with Crippen molar-refractivity contribution in [3.8, 4) is 0 Å². The van der Waals surface area contributed by atoms with Gasteiger partial charge >= 0.3 is 6.03 Å². The minimum Gasteiger partial charge on any atom is -0.464 e. The SMILES string of the molecule is Cc1ccc(CN(C)C(=O)CN2C(=O)NC(Cc3c[nH]c4ccccc34)C2=O)o1. The van der Waals surface area contributed by atoms with Crippen LogP contribution in [0.1, 0.15) is 17.1 Å². The summed E-state index contributed by atoms with van der Waals surface area (Å²) in [5.74, 6) is 0.675. The van der Waals surface area contributed by atoms with E-state index in [1.54, 1.807) is 13.1 Å². The molecule has 1 aliphatic heterocycles. The van der Waals surface area contributed by atoms with Gasteiger partial charge in [-0.2, -0.15) is 0 Å². The number of carbonyl (C=O) groups excluding carboxylic acids is 3. The van der Waals surface area contributed by atoms with Crippen LogP contribution in [0, 0.1) is 6.92 Å². The van der Waals surface area contributed by atoms with Crippen molar-refractivity contribution >= 4 is 28.7 Å². The van der Waals surface area contributed by atoms with Gasteiger partial charge in [0.2, 0.25) is 5.91 Å². The van der Waals surface area contributed by atoms with Gasteiger partial charge in [0, 0.05) is 30.6 Å². The molecule has 2 N–H and O–H groups in total. The van der Waals surface area contributed by atoms with E-state index in [1.165, 1.54) is 4.90 Å². The van der Waals surface area contributed by atoms with Gasteiger partial charge in [0.1, 0.15) is 24.1 Å². The molecule has 29 heavy (non-hydrogen) atoms. The third kappa shape index (κ3) is 3.73. The van der Waals surface area contributed by atoms with Crippen LogP contribution in [0.25, 0.3) is 10.9 Å². The number of nitrogens with zero attached hydrogens (tertiary/aromatic N) is 2. The van der Waals surface area contributed by atoms with E-state index in [4.69, 9.17) is 4.42 Å². The normalized spacial score (nSPS) is 16.5.